The summed E-state index contributed by atoms with van der Waals surface area (Å²) in [6.07, 6.45) is 7.62. The second-order valence-electron chi connectivity index (χ2n) is 5.52. The van der Waals surface area contributed by atoms with E-state index in [9.17, 15) is 9.59 Å². The van der Waals surface area contributed by atoms with Gasteiger partial charge >= 0.3 is 11.9 Å². The summed E-state index contributed by atoms with van der Waals surface area (Å²) in [5.74, 6) is -1.03. The molecule has 4 nitrogen and oxygen atoms in total. The number of hydrogen-bond acceptors (Lipinski definition) is 4. The van der Waals surface area contributed by atoms with Gasteiger partial charge in [0, 0.05) is 0 Å². The topological polar surface area (TPSA) is 52.6 Å². The summed E-state index contributed by atoms with van der Waals surface area (Å²) < 4.78 is 9.51. The molecule has 1 aromatic carbocycles. The summed E-state index contributed by atoms with van der Waals surface area (Å²) >= 11 is 0. The monoisotopic (exact) mass is 314 g/mol. The molecule has 0 saturated heterocycles. The maximum atomic E-state index is 11.9. The van der Waals surface area contributed by atoms with Crippen molar-refractivity contribution in [1.29, 1.82) is 0 Å². The molecule has 4 heteroatoms. The average molecular weight is 314 g/mol. The lowest BCUT2D eigenvalue weighted by molar-refractivity contribution is -0.144. The molecule has 1 saturated carbocycles. The van der Waals surface area contributed by atoms with Gasteiger partial charge in [0.2, 0.25) is 0 Å². The van der Waals surface area contributed by atoms with Crippen LogP contribution in [0.25, 0.3) is 6.08 Å². The van der Waals surface area contributed by atoms with Gasteiger partial charge in [-0.1, -0.05) is 42.5 Å². The van der Waals surface area contributed by atoms with E-state index in [1.165, 1.54) is 14.2 Å². The lowest BCUT2D eigenvalue weighted by atomic mass is 9.93. The van der Waals surface area contributed by atoms with Gasteiger partial charge in [-0.15, -0.1) is 0 Å². The first kappa shape index (κ1) is 17.0. The molecular formula is C19H22O4. The van der Waals surface area contributed by atoms with Crippen LogP contribution < -0.4 is 0 Å². The molecule has 1 fully saturated rings. The highest BCUT2D eigenvalue weighted by Gasteiger charge is 2.31. The van der Waals surface area contributed by atoms with E-state index in [4.69, 9.17) is 9.47 Å². The molecule has 0 aromatic heterocycles. The largest absolute Gasteiger partial charge is 0.465 e. The van der Waals surface area contributed by atoms with Crippen molar-refractivity contribution < 1.29 is 19.1 Å². The SMILES string of the molecule is COC(=O)C(C(=O)OC)=C1CCC[C@H]1C/C=C/c1ccccc1. The van der Waals surface area contributed by atoms with E-state index in [1.54, 1.807) is 0 Å². The third-order valence-electron chi connectivity index (χ3n) is 4.12. The quantitative estimate of drug-likeness (QED) is 0.361. The van der Waals surface area contributed by atoms with Crippen molar-refractivity contribution >= 4 is 18.0 Å². The van der Waals surface area contributed by atoms with Crippen LogP contribution in [-0.2, 0) is 19.1 Å². The Bertz CT molecular complexity index is 596. The lowest BCUT2D eigenvalue weighted by Crippen LogP contribution is -2.19. The average Bonchev–Trinajstić information content (AvgIpc) is 3.03. The summed E-state index contributed by atoms with van der Waals surface area (Å²) in [7, 11) is 2.57. The molecule has 122 valence electrons. The predicted molar refractivity (Wildman–Crippen MR) is 88.5 cm³/mol. The molecule has 1 atom stereocenters. The van der Waals surface area contributed by atoms with Gasteiger partial charge in [0.1, 0.15) is 5.57 Å². The van der Waals surface area contributed by atoms with Crippen LogP contribution in [0.4, 0.5) is 0 Å². The van der Waals surface area contributed by atoms with E-state index in [0.29, 0.717) is 0 Å². The molecule has 1 aliphatic carbocycles. The molecule has 0 radical (unpaired) electrons. The Morgan fingerprint density at radius 1 is 1.13 bits per heavy atom. The zero-order valence-electron chi connectivity index (χ0n) is 13.6. The number of carbonyl (C=O) groups is 2. The third-order valence-corrected chi connectivity index (χ3v) is 4.12. The molecule has 0 spiro atoms. The molecule has 0 heterocycles. The highest BCUT2D eigenvalue weighted by molar-refractivity contribution is 6.14. The van der Waals surface area contributed by atoms with Gasteiger partial charge < -0.3 is 9.47 Å². The summed E-state index contributed by atoms with van der Waals surface area (Å²) in [6, 6.07) is 10.0. The van der Waals surface area contributed by atoms with E-state index in [1.807, 2.05) is 30.3 Å². The normalized spacial score (nSPS) is 17.3. The smallest absolute Gasteiger partial charge is 0.345 e. The van der Waals surface area contributed by atoms with Crippen LogP contribution in [-0.4, -0.2) is 26.2 Å². The number of esters is 2. The first-order valence-electron chi connectivity index (χ1n) is 7.78. The van der Waals surface area contributed by atoms with Crippen molar-refractivity contribution in [2.75, 3.05) is 14.2 Å². The maximum Gasteiger partial charge on any atom is 0.345 e. The number of hydrogen-bond donors (Lipinski definition) is 0. The fraction of sp³-hybridized carbons (Fsp3) is 0.368. The van der Waals surface area contributed by atoms with Crippen LogP contribution in [0.2, 0.25) is 0 Å². The Morgan fingerprint density at radius 2 is 1.78 bits per heavy atom. The maximum absolute atomic E-state index is 11.9. The number of allylic oxidation sites excluding steroid dienone is 2. The number of ether oxygens (including phenoxy) is 2. The Hall–Kier alpha value is -2.36. The van der Waals surface area contributed by atoms with E-state index >= 15 is 0 Å². The standard InChI is InChI=1S/C19H22O4/c1-22-18(20)17(19(21)23-2)16-13-7-12-15(16)11-6-10-14-8-4-3-5-9-14/h3-6,8-10,15H,7,11-13H2,1-2H3/b10-6+/t15-/m1/s1. The minimum absolute atomic E-state index is 0.0746. The Morgan fingerprint density at radius 3 is 2.39 bits per heavy atom. The van der Waals surface area contributed by atoms with Crippen LogP contribution >= 0.6 is 0 Å². The van der Waals surface area contributed by atoms with Crippen LogP contribution in [0.3, 0.4) is 0 Å². The number of carbonyl (C=O) groups excluding carboxylic acids is 2. The second kappa shape index (κ2) is 8.32. The Labute approximate surface area is 136 Å². The second-order valence-corrected chi connectivity index (χ2v) is 5.52. The molecule has 0 unspecified atom stereocenters. The van der Waals surface area contributed by atoms with Crippen molar-refractivity contribution in [2.24, 2.45) is 5.92 Å². The minimum Gasteiger partial charge on any atom is -0.465 e. The van der Waals surface area contributed by atoms with Crippen LogP contribution in [0.1, 0.15) is 31.2 Å². The van der Waals surface area contributed by atoms with Gasteiger partial charge in [-0.25, -0.2) is 9.59 Å². The van der Waals surface area contributed by atoms with E-state index in [0.717, 1.165) is 36.8 Å². The molecule has 2 rings (SSSR count). The fourth-order valence-corrected chi connectivity index (χ4v) is 2.99. The van der Waals surface area contributed by atoms with Crippen molar-refractivity contribution in [1.82, 2.24) is 0 Å². The van der Waals surface area contributed by atoms with Crippen molar-refractivity contribution in [3.05, 3.63) is 53.1 Å². The van der Waals surface area contributed by atoms with Gasteiger partial charge in [-0.3, -0.25) is 0 Å². The van der Waals surface area contributed by atoms with Gasteiger partial charge in [0.25, 0.3) is 0 Å². The van der Waals surface area contributed by atoms with Gasteiger partial charge in [-0.2, -0.15) is 0 Å². The first-order chi connectivity index (χ1) is 11.2. The molecule has 1 aliphatic rings. The molecule has 0 bridgehead atoms. The predicted octanol–water partition coefficient (Wildman–Crippen LogP) is 3.53. The highest BCUT2D eigenvalue weighted by Crippen LogP contribution is 2.36. The molecular weight excluding hydrogens is 292 g/mol. The number of methoxy groups -OCH3 is 2. The van der Waals surface area contributed by atoms with Gasteiger partial charge in [0.05, 0.1) is 14.2 Å². The third kappa shape index (κ3) is 4.31. The van der Waals surface area contributed by atoms with E-state index < -0.39 is 11.9 Å². The van der Waals surface area contributed by atoms with Crippen molar-refractivity contribution in [3.8, 4) is 0 Å². The molecule has 1 aromatic rings. The van der Waals surface area contributed by atoms with Crippen molar-refractivity contribution in [2.45, 2.75) is 25.7 Å². The number of rotatable bonds is 5. The summed E-state index contributed by atoms with van der Waals surface area (Å²) in [6.45, 7) is 0. The molecule has 23 heavy (non-hydrogen) atoms. The van der Waals surface area contributed by atoms with Crippen molar-refractivity contribution in [3.63, 3.8) is 0 Å². The van der Waals surface area contributed by atoms with Crippen LogP contribution in [0.15, 0.2) is 47.6 Å². The summed E-state index contributed by atoms with van der Waals surface area (Å²) in [5, 5.41) is 0. The van der Waals surface area contributed by atoms with Gasteiger partial charge in [-0.05, 0) is 42.7 Å². The summed E-state index contributed by atoms with van der Waals surface area (Å²) in [5.41, 5.74) is 2.07. The Kier molecular flexibility index (Phi) is 6.15. The summed E-state index contributed by atoms with van der Waals surface area (Å²) in [4.78, 5) is 23.9. The lowest BCUT2D eigenvalue weighted by Gasteiger charge is -2.13. The van der Waals surface area contributed by atoms with E-state index in [2.05, 4.69) is 12.2 Å². The van der Waals surface area contributed by atoms with E-state index in [-0.39, 0.29) is 11.5 Å². The first-order valence-corrected chi connectivity index (χ1v) is 7.78. The fourth-order valence-electron chi connectivity index (χ4n) is 2.99. The zero-order chi connectivity index (χ0) is 16.7. The van der Waals surface area contributed by atoms with Crippen LogP contribution in [0, 0.1) is 5.92 Å². The Balaban J connectivity index is 2.17. The minimum atomic E-state index is -0.606. The molecule has 0 N–H and O–H groups in total. The van der Waals surface area contributed by atoms with Gasteiger partial charge in [0.15, 0.2) is 0 Å². The van der Waals surface area contributed by atoms with Crippen LogP contribution in [0.5, 0.6) is 0 Å². The zero-order valence-corrected chi connectivity index (χ0v) is 13.6. The highest BCUT2D eigenvalue weighted by atomic mass is 16.5. The molecule has 0 amide bonds. The molecule has 0 aliphatic heterocycles. The number of benzene rings is 1.